The summed E-state index contributed by atoms with van der Waals surface area (Å²) in [7, 11) is 4.09. The van der Waals surface area contributed by atoms with Gasteiger partial charge in [0, 0.05) is 37.5 Å². The molecule has 2 rings (SSSR count). The fourth-order valence-corrected chi connectivity index (χ4v) is 2.05. The van der Waals surface area contributed by atoms with Crippen LogP contribution < -0.4 is 15.2 Å². The van der Waals surface area contributed by atoms with Crippen LogP contribution in [0.1, 0.15) is 18.1 Å². The zero-order valence-corrected chi connectivity index (χ0v) is 13.0. The molecule has 1 unspecified atom stereocenters. The first-order valence-corrected chi connectivity index (χ1v) is 7.26. The van der Waals surface area contributed by atoms with E-state index in [4.69, 9.17) is 5.73 Å². The van der Waals surface area contributed by atoms with Gasteiger partial charge in [-0.05, 0) is 30.2 Å². The topological polar surface area (TPSA) is 33.1 Å². The van der Waals surface area contributed by atoms with Crippen molar-refractivity contribution in [1.82, 2.24) is 0 Å². The summed E-state index contributed by atoms with van der Waals surface area (Å²) in [6.07, 6.45) is 8.35. The SMILES string of the molecule is CC(CN)N(C)c1ccc(C=Cc2cc[n+](C)cc2)cc1. The molecule has 0 radical (unpaired) electrons. The first-order chi connectivity index (χ1) is 10.1. The molecular weight excluding hydrogens is 258 g/mol. The van der Waals surface area contributed by atoms with Crippen molar-refractivity contribution in [3.8, 4) is 0 Å². The normalized spacial score (nSPS) is 12.6. The summed E-state index contributed by atoms with van der Waals surface area (Å²) in [5.74, 6) is 0. The average molecular weight is 282 g/mol. The summed E-state index contributed by atoms with van der Waals surface area (Å²) < 4.78 is 2.03. The number of hydrogen-bond donors (Lipinski definition) is 1. The van der Waals surface area contributed by atoms with Crippen LogP contribution in [0, 0.1) is 0 Å². The molecule has 21 heavy (non-hydrogen) atoms. The lowest BCUT2D eigenvalue weighted by atomic mass is 10.1. The van der Waals surface area contributed by atoms with Crippen molar-refractivity contribution in [3.05, 3.63) is 59.9 Å². The van der Waals surface area contributed by atoms with Crippen molar-refractivity contribution in [1.29, 1.82) is 0 Å². The van der Waals surface area contributed by atoms with Crippen LogP contribution in [0.4, 0.5) is 5.69 Å². The second kappa shape index (κ2) is 7.04. The summed E-state index contributed by atoms with van der Waals surface area (Å²) in [4.78, 5) is 2.20. The smallest absolute Gasteiger partial charge is 0.169 e. The second-order valence-electron chi connectivity index (χ2n) is 5.42. The Kier molecular flexibility index (Phi) is 5.12. The number of benzene rings is 1. The van der Waals surface area contributed by atoms with Crippen LogP contribution in [0.3, 0.4) is 0 Å². The van der Waals surface area contributed by atoms with Gasteiger partial charge in [0.15, 0.2) is 12.4 Å². The highest BCUT2D eigenvalue weighted by molar-refractivity contribution is 5.70. The molecule has 1 atom stereocenters. The molecule has 0 amide bonds. The number of anilines is 1. The van der Waals surface area contributed by atoms with E-state index in [0.717, 1.165) is 0 Å². The van der Waals surface area contributed by atoms with Crippen molar-refractivity contribution >= 4 is 17.8 Å². The molecule has 0 saturated heterocycles. The molecule has 0 saturated carbocycles. The molecule has 1 heterocycles. The Morgan fingerprint density at radius 3 is 2.10 bits per heavy atom. The average Bonchev–Trinajstić information content (AvgIpc) is 2.53. The van der Waals surface area contributed by atoms with Crippen molar-refractivity contribution in [2.75, 3.05) is 18.5 Å². The van der Waals surface area contributed by atoms with Crippen molar-refractivity contribution in [2.45, 2.75) is 13.0 Å². The van der Waals surface area contributed by atoms with Gasteiger partial charge in [-0.15, -0.1) is 0 Å². The van der Waals surface area contributed by atoms with Gasteiger partial charge in [-0.1, -0.05) is 24.3 Å². The van der Waals surface area contributed by atoms with Crippen LogP contribution >= 0.6 is 0 Å². The van der Waals surface area contributed by atoms with Crippen LogP contribution in [-0.2, 0) is 7.05 Å². The molecule has 1 aromatic heterocycles. The molecule has 110 valence electrons. The number of hydrogen-bond acceptors (Lipinski definition) is 2. The first kappa shape index (κ1) is 15.3. The summed E-state index contributed by atoms with van der Waals surface area (Å²) >= 11 is 0. The van der Waals surface area contributed by atoms with Crippen LogP contribution in [0.2, 0.25) is 0 Å². The number of aromatic nitrogens is 1. The Bertz CT molecular complexity index is 585. The second-order valence-corrected chi connectivity index (χ2v) is 5.42. The van der Waals surface area contributed by atoms with E-state index in [-0.39, 0.29) is 0 Å². The molecule has 2 aromatic rings. The van der Waals surface area contributed by atoms with E-state index < -0.39 is 0 Å². The predicted octanol–water partition coefficient (Wildman–Crippen LogP) is 2.46. The molecule has 0 spiro atoms. The zero-order chi connectivity index (χ0) is 15.2. The molecule has 0 aliphatic rings. The lowest BCUT2D eigenvalue weighted by Gasteiger charge is -2.25. The minimum absolute atomic E-state index is 0.344. The van der Waals surface area contributed by atoms with Crippen molar-refractivity contribution in [2.24, 2.45) is 12.8 Å². The fraction of sp³-hybridized carbons (Fsp3) is 0.278. The molecule has 1 aromatic carbocycles. The maximum atomic E-state index is 5.71. The van der Waals surface area contributed by atoms with E-state index >= 15 is 0 Å². The van der Waals surface area contributed by atoms with Crippen LogP contribution in [0.5, 0.6) is 0 Å². The molecule has 0 fully saturated rings. The van der Waals surface area contributed by atoms with E-state index in [9.17, 15) is 0 Å². The third-order valence-corrected chi connectivity index (χ3v) is 3.78. The van der Waals surface area contributed by atoms with Gasteiger partial charge < -0.3 is 10.6 Å². The molecule has 0 aliphatic heterocycles. The van der Waals surface area contributed by atoms with Gasteiger partial charge in [0.05, 0.1) is 0 Å². The van der Waals surface area contributed by atoms with Crippen LogP contribution in [-0.4, -0.2) is 19.6 Å². The monoisotopic (exact) mass is 282 g/mol. The molecule has 3 nitrogen and oxygen atoms in total. The Morgan fingerprint density at radius 1 is 1.05 bits per heavy atom. The summed E-state index contributed by atoms with van der Waals surface area (Å²) in [6, 6.07) is 13.1. The molecule has 3 heteroatoms. The number of rotatable bonds is 5. The highest BCUT2D eigenvalue weighted by Gasteiger charge is 2.07. The fourth-order valence-electron chi connectivity index (χ4n) is 2.05. The van der Waals surface area contributed by atoms with E-state index in [1.807, 2.05) is 24.0 Å². The lowest BCUT2D eigenvalue weighted by Crippen LogP contribution is -2.35. The lowest BCUT2D eigenvalue weighted by molar-refractivity contribution is -0.671. The molecule has 0 aliphatic carbocycles. The van der Waals surface area contributed by atoms with E-state index in [2.05, 4.69) is 67.4 Å². The van der Waals surface area contributed by atoms with Crippen molar-refractivity contribution < 1.29 is 4.57 Å². The highest BCUT2D eigenvalue weighted by atomic mass is 15.1. The Balaban J connectivity index is 2.07. The number of nitrogens with two attached hydrogens (primary N) is 1. The van der Waals surface area contributed by atoms with Gasteiger partial charge >= 0.3 is 0 Å². The van der Waals surface area contributed by atoms with Gasteiger partial charge in [0.1, 0.15) is 7.05 Å². The van der Waals surface area contributed by atoms with Gasteiger partial charge in [-0.25, -0.2) is 4.57 Å². The summed E-state index contributed by atoms with van der Waals surface area (Å²) in [5.41, 5.74) is 9.30. The molecular formula is C18H24N3+. The van der Waals surface area contributed by atoms with Crippen molar-refractivity contribution in [3.63, 3.8) is 0 Å². The maximum absolute atomic E-state index is 5.71. The van der Waals surface area contributed by atoms with Gasteiger partial charge in [0.25, 0.3) is 0 Å². The standard InChI is InChI=1S/C18H24N3/c1-15(14-19)21(3)18-8-6-16(7-9-18)4-5-17-10-12-20(2)13-11-17/h4-13,15H,14,19H2,1-3H3/q+1. The van der Waals surface area contributed by atoms with Crippen LogP contribution in [0.15, 0.2) is 48.8 Å². The summed E-state index contributed by atoms with van der Waals surface area (Å²) in [5, 5.41) is 0. The largest absolute Gasteiger partial charge is 0.371 e. The molecule has 0 bridgehead atoms. The molecule has 2 N–H and O–H groups in total. The van der Waals surface area contributed by atoms with E-state index in [1.165, 1.54) is 16.8 Å². The van der Waals surface area contributed by atoms with Gasteiger partial charge in [-0.2, -0.15) is 0 Å². The number of nitrogens with zero attached hydrogens (tertiary/aromatic N) is 2. The highest BCUT2D eigenvalue weighted by Crippen LogP contribution is 2.17. The first-order valence-electron chi connectivity index (χ1n) is 7.26. The Morgan fingerprint density at radius 2 is 1.57 bits per heavy atom. The number of likely N-dealkylation sites (N-methyl/N-ethyl adjacent to an activating group) is 1. The number of pyridine rings is 1. The van der Waals surface area contributed by atoms with Gasteiger partial charge in [-0.3, -0.25) is 0 Å². The van der Waals surface area contributed by atoms with E-state index in [0.29, 0.717) is 12.6 Å². The Hall–Kier alpha value is -2.13. The minimum atomic E-state index is 0.344. The van der Waals surface area contributed by atoms with E-state index in [1.54, 1.807) is 0 Å². The van der Waals surface area contributed by atoms with Gasteiger partial charge in [0.2, 0.25) is 0 Å². The quantitative estimate of drug-likeness (QED) is 0.855. The summed E-state index contributed by atoms with van der Waals surface area (Å²) in [6.45, 7) is 2.78. The minimum Gasteiger partial charge on any atom is -0.371 e. The third-order valence-electron chi connectivity index (χ3n) is 3.78. The Labute approximate surface area is 127 Å². The predicted molar refractivity (Wildman–Crippen MR) is 89.9 cm³/mol. The zero-order valence-electron chi connectivity index (χ0n) is 13.0. The third kappa shape index (κ3) is 4.17. The number of aryl methyl sites for hydroxylation is 1. The maximum Gasteiger partial charge on any atom is 0.169 e. The van der Waals surface area contributed by atoms with Crippen LogP contribution in [0.25, 0.3) is 12.2 Å².